The summed E-state index contributed by atoms with van der Waals surface area (Å²) in [5.74, 6) is 0.650. The van der Waals surface area contributed by atoms with Crippen molar-refractivity contribution in [3.8, 4) is 28.5 Å². The molecule has 0 bridgehead atoms. The molecule has 32 heavy (non-hydrogen) atoms. The molecule has 0 aliphatic rings. The minimum Gasteiger partial charge on any atom is -0.493 e. The number of benzene rings is 2. The number of carbonyl (C=O) groups excluding carboxylic acids is 2. The van der Waals surface area contributed by atoms with E-state index >= 15 is 0 Å². The van der Waals surface area contributed by atoms with Crippen LogP contribution in [-0.4, -0.2) is 44.7 Å². The van der Waals surface area contributed by atoms with Gasteiger partial charge in [0.15, 0.2) is 23.9 Å². The van der Waals surface area contributed by atoms with E-state index in [0.29, 0.717) is 45.0 Å². The average molecular weight is 437 g/mol. The molecule has 3 aromatic rings. The molecule has 0 unspecified atom stereocenters. The lowest BCUT2D eigenvalue weighted by Crippen LogP contribution is -2.26. The first kappa shape index (κ1) is 23.1. The highest BCUT2D eigenvalue weighted by atomic mass is 16.5. The van der Waals surface area contributed by atoms with Gasteiger partial charge in [-0.1, -0.05) is 39.0 Å². The monoisotopic (exact) mass is 437 g/mol. The van der Waals surface area contributed by atoms with E-state index in [0.717, 1.165) is 0 Å². The first-order chi connectivity index (χ1) is 15.2. The molecule has 3 rings (SSSR count). The maximum Gasteiger partial charge on any atom is 0.339 e. The summed E-state index contributed by atoms with van der Waals surface area (Å²) >= 11 is 0. The molecule has 0 atom stereocenters. The lowest BCUT2D eigenvalue weighted by Gasteiger charge is -2.17. The molecule has 0 saturated carbocycles. The highest BCUT2D eigenvalue weighted by molar-refractivity contribution is 6.05. The molecule has 1 heterocycles. The van der Waals surface area contributed by atoms with Gasteiger partial charge < -0.3 is 18.9 Å². The second-order valence-corrected chi connectivity index (χ2v) is 8.24. The van der Waals surface area contributed by atoms with Crippen molar-refractivity contribution in [1.29, 1.82) is 0 Å². The van der Waals surface area contributed by atoms with E-state index in [4.69, 9.17) is 23.9 Å². The van der Waals surface area contributed by atoms with Crippen LogP contribution in [0.4, 0.5) is 0 Å². The second-order valence-electron chi connectivity index (χ2n) is 8.24. The van der Waals surface area contributed by atoms with E-state index in [1.165, 1.54) is 21.3 Å². The Morgan fingerprint density at radius 1 is 0.906 bits per heavy atom. The smallest absolute Gasteiger partial charge is 0.339 e. The number of aromatic nitrogens is 1. The normalized spacial score (nSPS) is 11.2. The van der Waals surface area contributed by atoms with Crippen molar-refractivity contribution >= 4 is 22.7 Å². The van der Waals surface area contributed by atoms with Crippen LogP contribution in [0.15, 0.2) is 42.5 Å². The van der Waals surface area contributed by atoms with E-state index < -0.39 is 11.4 Å². The van der Waals surface area contributed by atoms with Crippen molar-refractivity contribution < 1.29 is 28.5 Å². The van der Waals surface area contributed by atoms with Crippen molar-refractivity contribution in [2.45, 2.75) is 20.8 Å². The highest BCUT2D eigenvalue weighted by Gasteiger charge is 2.24. The minimum atomic E-state index is -0.595. The Morgan fingerprint density at radius 2 is 1.53 bits per heavy atom. The summed E-state index contributed by atoms with van der Waals surface area (Å²) in [6.07, 6.45) is 0. The van der Waals surface area contributed by atoms with Gasteiger partial charge in [0.2, 0.25) is 5.75 Å². The molecule has 0 aliphatic heterocycles. The fourth-order valence-electron chi connectivity index (χ4n) is 3.15. The van der Waals surface area contributed by atoms with Gasteiger partial charge in [-0.3, -0.25) is 4.79 Å². The van der Waals surface area contributed by atoms with Crippen molar-refractivity contribution in [2.75, 3.05) is 27.9 Å². The van der Waals surface area contributed by atoms with Gasteiger partial charge >= 0.3 is 5.97 Å². The average Bonchev–Trinajstić information content (AvgIpc) is 2.79. The van der Waals surface area contributed by atoms with Crippen LogP contribution in [-0.2, 0) is 9.53 Å². The number of hydrogen-bond donors (Lipinski definition) is 0. The Labute approximate surface area is 187 Å². The quantitative estimate of drug-likeness (QED) is 0.495. The number of methoxy groups -OCH3 is 3. The van der Waals surface area contributed by atoms with Crippen molar-refractivity contribution in [3.63, 3.8) is 0 Å². The molecule has 7 heteroatoms. The number of esters is 1. The maximum atomic E-state index is 12.9. The Kier molecular flexibility index (Phi) is 6.67. The molecule has 0 spiro atoms. The molecule has 2 aromatic carbocycles. The van der Waals surface area contributed by atoms with Crippen LogP contribution in [0.1, 0.15) is 31.1 Å². The van der Waals surface area contributed by atoms with Crippen LogP contribution in [0.25, 0.3) is 22.2 Å². The number of pyridine rings is 1. The van der Waals surface area contributed by atoms with Crippen LogP contribution in [0.3, 0.4) is 0 Å². The maximum absolute atomic E-state index is 12.9. The van der Waals surface area contributed by atoms with Gasteiger partial charge in [0.1, 0.15) is 0 Å². The Morgan fingerprint density at radius 3 is 2.09 bits per heavy atom. The summed E-state index contributed by atoms with van der Waals surface area (Å²) in [5, 5.41) is 0.636. The van der Waals surface area contributed by atoms with Crippen LogP contribution >= 0.6 is 0 Å². The van der Waals surface area contributed by atoms with E-state index in [1.807, 2.05) is 18.2 Å². The molecule has 0 fully saturated rings. The summed E-state index contributed by atoms with van der Waals surface area (Å²) in [6.45, 7) is 5.06. The minimum absolute atomic E-state index is 0.158. The van der Waals surface area contributed by atoms with Gasteiger partial charge in [-0.15, -0.1) is 0 Å². The van der Waals surface area contributed by atoms with E-state index in [9.17, 15) is 9.59 Å². The van der Waals surface area contributed by atoms with Gasteiger partial charge in [-0.25, -0.2) is 9.78 Å². The first-order valence-electron chi connectivity index (χ1n) is 10.1. The summed E-state index contributed by atoms with van der Waals surface area (Å²) in [6, 6.07) is 12.4. The van der Waals surface area contributed by atoms with Gasteiger partial charge in [-0.2, -0.15) is 0 Å². The summed E-state index contributed by atoms with van der Waals surface area (Å²) in [7, 11) is 4.59. The largest absolute Gasteiger partial charge is 0.493 e. The third-order valence-corrected chi connectivity index (χ3v) is 5.07. The van der Waals surface area contributed by atoms with Crippen LogP contribution < -0.4 is 14.2 Å². The van der Waals surface area contributed by atoms with Crippen LogP contribution in [0, 0.1) is 5.41 Å². The van der Waals surface area contributed by atoms with E-state index in [-0.39, 0.29) is 12.4 Å². The zero-order valence-corrected chi connectivity index (χ0v) is 19.1. The van der Waals surface area contributed by atoms with Crippen molar-refractivity contribution in [1.82, 2.24) is 4.98 Å². The number of nitrogens with zero attached hydrogens (tertiary/aromatic N) is 1. The number of hydrogen-bond acceptors (Lipinski definition) is 7. The zero-order valence-electron chi connectivity index (χ0n) is 19.1. The van der Waals surface area contributed by atoms with Crippen LogP contribution in [0.2, 0.25) is 0 Å². The third kappa shape index (κ3) is 4.66. The van der Waals surface area contributed by atoms with Crippen molar-refractivity contribution in [2.24, 2.45) is 5.41 Å². The van der Waals surface area contributed by atoms with E-state index in [2.05, 4.69) is 0 Å². The number of fused-ring (bicyclic) bond motifs is 1. The molecule has 0 aliphatic carbocycles. The molecule has 0 N–H and O–H groups in total. The molecule has 0 radical (unpaired) electrons. The first-order valence-corrected chi connectivity index (χ1v) is 10.1. The lowest BCUT2D eigenvalue weighted by atomic mass is 9.91. The Hall–Kier alpha value is -3.61. The fourth-order valence-corrected chi connectivity index (χ4v) is 3.15. The highest BCUT2D eigenvalue weighted by Crippen LogP contribution is 2.41. The Balaban J connectivity index is 2.09. The standard InChI is InChI=1S/C25H27NO6/c1-25(2,3)22(27)14-32-24(28)17-13-19(26-18-10-8-7-9-16(17)18)15-11-20(29-4)23(31-6)21(12-15)30-5/h7-13H,14H2,1-6H3. The topological polar surface area (TPSA) is 84.0 Å². The summed E-state index contributed by atoms with van der Waals surface area (Å²) in [5.41, 5.74) is 1.54. The number of ether oxygens (including phenoxy) is 4. The van der Waals surface area contributed by atoms with Gasteiger partial charge in [0, 0.05) is 16.4 Å². The number of Topliss-reactive ketones (excluding diaryl/α,β-unsaturated/α-hetero) is 1. The van der Waals surface area contributed by atoms with Gasteiger partial charge in [0.25, 0.3) is 0 Å². The number of rotatable bonds is 7. The lowest BCUT2D eigenvalue weighted by molar-refractivity contribution is -0.129. The Bertz CT molecular complexity index is 1140. The predicted molar refractivity (Wildman–Crippen MR) is 122 cm³/mol. The SMILES string of the molecule is COc1cc(-c2cc(C(=O)OCC(=O)C(C)(C)C)c3ccccc3n2)cc(OC)c1OC. The zero-order chi connectivity index (χ0) is 23.5. The number of carbonyl (C=O) groups is 2. The summed E-state index contributed by atoms with van der Waals surface area (Å²) in [4.78, 5) is 29.9. The molecule has 7 nitrogen and oxygen atoms in total. The molecule has 0 saturated heterocycles. The molecular weight excluding hydrogens is 410 g/mol. The fraction of sp³-hybridized carbons (Fsp3) is 0.320. The van der Waals surface area contributed by atoms with Crippen molar-refractivity contribution in [3.05, 3.63) is 48.0 Å². The predicted octanol–water partition coefficient (Wildman–Crippen LogP) is 4.70. The van der Waals surface area contributed by atoms with Crippen LogP contribution in [0.5, 0.6) is 17.2 Å². The molecule has 1 aromatic heterocycles. The third-order valence-electron chi connectivity index (χ3n) is 5.07. The molecule has 0 amide bonds. The number of para-hydroxylation sites is 1. The van der Waals surface area contributed by atoms with Gasteiger partial charge in [0.05, 0.1) is 38.1 Å². The second kappa shape index (κ2) is 9.26. The number of ketones is 1. The summed E-state index contributed by atoms with van der Waals surface area (Å²) < 4.78 is 21.6. The molecular formula is C25H27NO6. The van der Waals surface area contributed by atoms with Gasteiger partial charge in [-0.05, 0) is 24.3 Å². The molecule has 168 valence electrons. The van der Waals surface area contributed by atoms with E-state index in [1.54, 1.807) is 45.0 Å².